The number of nitro benzene ring substituents is 1. The summed E-state index contributed by atoms with van der Waals surface area (Å²) < 4.78 is 38.1. The summed E-state index contributed by atoms with van der Waals surface area (Å²) in [6.45, 7) is 1.57. The molecule has 2 aromatic rings. The molecule has 1 aliphatic rings. The number of amides is 1. The fraction of sp³-hybridized carbons (Fsp3) is 0.188. The Bertz CT molecular complexity index is 1040. The Kier molecular flexibility index (Phi) is 4.62. The van der Waals surface area contributed by atoms with Gasteiger partial charge in [0.15, 0.2) is 6.10 Å². The number of sulfonamides is 1. The maximum atomic E-state index is 12.7. The van der Waals surface area contributed by atoms with Crippen molar-refractivity contribution in [1.82, 2.24) is 0 Å². The van der Waals surface area contributed by atoms with E-state index in [1.807, 2.05) is 0 Å². The number of nitrogens with one attached hydrogen (secondary N) is 2. The minimum Gasteiger partial charge on any atom is -0.495 e. The summed E-state index contributed by atoms with van der Waals surface area (Å²) in [5, 5.41) is 13.5. The molecule has 11 heteroatoms. The molecule has 1 unspecified atom stereocenters. The van der Waals surface area contributed by atoms with Crippen LogP contribution < -0.4 is 19.5 Å². The van der Waals surface area contributed by atoms with Crippen molar-refractivity contribution in [2.45, 2.75) is 17.9 Å². The van der Waals surface area contributed by atoms with E-state index in [-0.39, 0.29) is 27.7 Å². The minimum atomic E-state index is -4.11. The second kappa shape index (κ2) is 6.76. The summed E-state index contributed by atoms with van der Waals surface area (Å²) in [6, 6.07) is 7.51. The van der Waals surface area contributed by atoms with Gasteiger partial charge in [-0.3, -0.25) is 19.6 Å². The number of anilines is 2. The number of non-ortho nitro benzene ring substituents is 1. The maximum Gasteiger partial charge on any atom is 0.271 e. The van der Waals surface area contributed by atoms with E-state index in [4.69, 9.17) is 9.47 Å². The Hall–Kier alpha value is -3.34. The highest BCUT2D eigenvalue weighted by atomic mass is 32.2. The van der Waals surface area contributed by atoms with E-state index in [1.54, 1.807) is 6.92 Å². The number of nitrogens with zero attached hydrogens (tertiary/aromatic N) is 1. The van der Waals surface area contributed by atoms with Gasteiger partial charge in [-0.1, -0.05) is 0 Å². The van der Waals surface area contributed by atoms with Crippen LogP contribution in [0.25, 0.3) is 0 Å². The highest BCUT2D eigenvalue weighted by Gasteiger charge is 2.26. The first-order valence-electron chi connectivity index (χ1n) is 7.68. The fourth-order valence-electron chi connectivity index (χ4n) is 2.45. The summed E-state index contributed by atoms with van der Waals surface area (Å²) in [5.74, 6) is 0.0620. The standard InChI is InChI=1S/C16H15N3O7S/c1-9-16(20)17-12-8-11(4-6-15(12)26-9)27(23,24)18-13-7-10(19(21)22)3-5-14(13)25-2/h3-9,18H,1-2H3,(H,17,20). The molecular formula is C16H15N3O7S. The van der Waals surface area contributed by atoms with Crippen LogP contribution in [0.4, 0.5) is 17.1 Å². The Labute approximate surface area is 154 Å². The zero-order valence-electron chi connectivity index (χ0n) is 14.3. The van der Waals surface area contributed by atoms with Crippen LogP contribution in [-0.2, 0) is 14.8 Å². The lowest BCUT2D eigenvalue weighted by Crippen LogP contribution is -2.34. The molecule has 1 amide bonds. The molecule has 1 heterocycles. The number of ether oxygens (including phenoxy) is 2. The van der Waals surface area contributed by atoms with Gasteiger partial charge in [-0.05, 0) is 31.2 Å². The highest BCUT2D eigenvalue weighted by Crippen LogP contribution is 2.34. The highest BCUT2D eigenvalue weighted by molar-refractivity contribution is 7.92. The number of hydrogen-bond donors (Lipinski definition) is 2. The van der Waals surface area contributed by atoms with Crippen molar-refractivity contribution < 1.29 is 27.6 Å². The predicted molar refractivity (Wildman–Crippen MR) is 95.6 cm³/mol. The summed E-state index contributed by atoms with van der Waals surface area (Å²) in [4.78, 5) is 21.8. The second-order valence-corrected chi connectivity index (χ2v) is 7.34. The fourth-order valence-corrected chi connectivity index (χ4v) is 3.54. The van der Waals surface area contributed by atoms with Gasteiger partial charge in [0.25, 0.3) is 21.6 Å². The molecular weight excluding hydrogens is 378 g/mol. The predicted octanol–water partition coefficient (Wildman–Crippen LogP) is 2.12. The molecule has 10 nitrogen and oxygen atoms in total. The van der Waals surface area contributed by atoms with E-state index in [1.165, 1.54) is 37.4 Å². The van der Waals surface area contributed by atoms with E-state index in [0.29, 0.717) is 5.75 Å². The lowest BCUT2D eigenvalue weighted by Gasteiger charge is -2.23. The summed E-state index contributed by atoms with van der Waals surface area (Å²) in [5.41, 5.74) is -0.168. The van der Waals surface area contributed by atoms with Gasteiger partial charge in [0, 0.05) is 12.1 Å². The number of carbonyl (C=O) groups excluding carboxylic acids is 1. The van der Waals surface area contributed by atoms with Crippen LogP contribution in [0.1, 0.15) is 6.92 Å². The smallest absolute Gasteiger partial charge is 0.271 e. The van der Waals surface area contributed by atoms with Gasteiger partial charge in [-0.25, -0.2) is 8.42 Å². The van der Waals surface area contributed by atoms with E-state index in [9.17, 15) is 23.3 Å². The third-order valence-electron chi connectivity index (χ3n) is 3.83. The zero-order chi connectivity index (χ0) is 19.8. The molecule has 0 radical (unpaired) electrons. The molecule has 0 fully saturated rings. The first-order chi connectivity index (χ1) is 12.7. The van der Waals surface area contributed by atoms with Gasteiger partial charge in [-0.2, -0.15) is 0 Å². The van der Waals surface area contributed by atoms with E-state index >= 15 is 0 Å². The number of hydrogen-bond acceptors (Lipinski definition) is 7. The van der Waals surface area contributed by atoms with Crippen molar-refractivity contribution >= 4 is 33.0 Å². The van der Waals surface area contributed by atoms with Crippen molar-refractivity contribution in [3.05, 3.63) is 46.5 Å². The Morgan fingerprint density at radius 2 is 2.00 bits per heavy atom. The quantitative estimate of drug-likeness (QED) is 0.586. The number of methoxy groups -OCH3 is 1. The lowest BCUT2D eigenvalue weighted by molar-refractivity contribution is -0.384. The molecule has 2 aromatic carbocycles. The van der Waals surface area contributed by atoms with Crippen molar-refractivity contribution in [3.63, 3.8) is 0 Å². The number of rotatable bonds is 5. The van der Waals surface area contributed by atoms with Crippen molar-refractivity contribution in [1.29, 1.82) is 0 Å². The molecule has 3 rings (SSSR count). The topological polar surface area (TPSA) is 137 Å². The first-order valence-corrected chi connectivity index (χ1v) is 9.16. The Morgan fingerprint density at radius 1 is 1.26 bits per heavy atom. The molecule has 0 saturated heterocycles. The number of nitro groups is 1. The molecule has 0 spiro atoms. The Morgan fingerprint density at radius 3 is 2.67 bits per heavy atom. The largest absolute Gasteiger partial charge is 0.495 e. The van der Waals surface area contributed by atoms with Crippen LogP contribution in [0.15, 0.2) is 41.3 Å². The van der Waals surface area contributed by atoms with E-state index in [0.717, 1.165) is 6.07 Å². The third-order valence-corrected chi connectivity index (χ3v) is 5.19. The molecule has 27 heavy (non-hydrogen) atoms. The van der Waals surface area contributed by atoms with Gasteiger partial charge < -0.3 is 14.8 Å². The average Bonchev–Trinajstić information content (AvgIpc) is 2.61. The monoisotopic (exact) mass is 393 g/mol. The second-order valence-electron chi connectivity index (χ2n) is 5.65. The molecule has 2 N–H and O–H groups in total. The van der Waals surface area contributed by atoms with Crippen LogP contribution in [0.5, 0.6) is 11.5 Å². The molecule has 0 aliphatic carbocycles. The van der Waals surface area contributed by atoms with Crippen LogP contribution >= 0.6 is 0 Å². The van der Waals surface area contributed by atoms with Crippen LogP contribution in [-0.4, -0.2) is 32.5 Å². The van der Waals surface area contributed by atoms with Gasteiger partial charge in [-0.15, -0.1) is 0 Å². The van der Waals surface area contributed by atoms with Crippen LogP contribution in [0.3, 0.4) is 0 Å². The maximum absolute atomic E-state index is 12.7. The SMILES string of the molecule is COc1ccc([N+](=O)[O-])cc1NS(=O)(=O)c1ccc2c(c1)NC(=O)C(C)O2. The van der Waals surface area contributed by atoms with Crippen molar-refractivity contribution in [2.24, 2.45) is 0 Å². The summed E-state index contributed by atoms with van der Waals surface area (Å²) in [6.07, 6.45) is -0.688. The van der Waals surface area contributed by atoms with E-state index < -0.39 is 27.0 Å². The van der Waals surface area contributed by atoms with Crippen LogP contribution in [0, 0.1) is 10.1 Å². The first kappa shape index (κ1) is 18.5. The molecule has 0 bridgehead atoms. The molecule has 1 aliphatic heterocycles. The van der Waals surface area contributed by atoms with Crippen molar-refractivity contribution in [2.75, 3.05) is 17.1 Å². The summed E-state index contributed by atoms with van der Waals surface area (Å²) >= 11 is 0. The van der Waals surface area contributed by atoms with Gasteiger partial charge >= 0.3 is 0 Å². The lowest BCUT2D eigenvalue weighted by atomic mass is 10.2. The van der Waals surface area contributed by atoms with Crippen molar-refractivity contribution in [3.8, 4) is 11.5 Å². The molecule has 0 saturated carbocycles. The van der Waals surface area contributed by atoms with Crippen LogP contribution in [0.2, 0.25) is 0 Å². The zero-order valence-corrected chi connectivity index (χ0v) is 15.1. The number of carbonyl (C=O) groups is 1. The average molecular weight is 393 g/mol. The summed E-state index contributed by atoms with van der Waals surface area (Å²) in [7, 11) is -2.80. The molecule has 0 aromatic heterocycles. The van der Waals surface area contributed by atoms with Gasteiger partial charge in [0.2, 0.25) is 0 Å². The molecule has 142 valence electrons. The Balaban J connectivity index is 1.96. The minimum absolute atomic E-state index is 0.0849. The van der Waals surface area contributed by atoms with Gasteiger partial charge in [0.1, 0.15) is 11.5 Å². The molecule has 1 atom stereocenters. The number of fused-ring (bicyclic) bond motifs is 1. The third kappa shape index (κ3) is 3.62. The normalized spacial score (nSPS) is 15.9. The number of benzene rings is 2. The van der Waals surface area contributed by atoms with Gasteiger partial charge in [0.05, 0.1) is 28.3 Å². The van der Waals surface area contributed by atoms with E-state index in [2.05, 4.69) is 10.0 Å².